The second kappa shape index (κ2) is 7.82. The molecule has 0 aliphatic carbocycles. The number of hydrogen-bond acceptors (Lipinski definition) is 4. The molecule has 0 radical (unpaired) electrons. The number of hydrogen-bond donors (Lipinski definition) is 1. The van der Waals surface area contributed by atoms with E-state index in [-0.39, 0.29) is 17.4 Å². The molecule has 0 aromatic heterocycles. The minimum Gasteiger partial charge on any atom is -0.502 e. The lowest BCUT2D eigenvalue weighted by atomic mass is 9.87. The van der Waals surface area contributed by atoms with Crippen LogP contribution in [0.25, 0.3) is 0 Å². The predicted molar refractivity (Wildman–Crippen MR) is 108 cm³/mol. The Morgan fingerprint density at radius 1 is 1.04 bits per heavy atom. The standard InChI is InChI=1S/C23H22N2O3/c26-23-13-19-11-12-24(15-17-7-3-1-4-8-17)16-21(18-9-5-2-6-10-18)20(19)14-22(23)25(27)28/h1-10,13-14,21,26H,11-12,15-16H2. The Labute approximate surface area is 164 Å². The number of fused-ring (bicyclic) bond motifs is 1. The molecule has 4 rings (SSSR count). The van der Waals surface area contributed by atoms with Crippen molar-refractivity contribution < 1.29 is 10.0 Å². The van der Waals surface area contributed by atoms with Crippen LogP contribution in [-0.2, 0) is 13.0 Å². The van der Waals surface area contributed by atoms with Gasteiger partial charge in [0.1, 0.15) is 0 Å². The van der Waals surface area contributed by atoms with Gasteiger partial charge in [0.15, 0.2) is 5.75 Å². The molecule has 0 saturated heterocycles. The van der Waals surface area contributed by atoms with E-state index in [2.05, 4.69) is 29.2 Å². The predicted octanol–water partition coefficient (Wildman–Crippen LogP) is 4.49. The molecule has 1 unspecified atom stereocenters. The summed E-state index contributed by atoms with van der Waals surface area (Å²) in [5.41, 5.74) is 4.06. The van der Waals surface area contributed by atoms with Gasteiger partial charge >= 0.3 is 5.69 Å². The molecule has 0 bridgehead atoms. The van der Waals surface area contributed by atoms with Crippen molar-refractivity contribution in [2.45, 2.75) is 18.9 Å². The van der Waals surface area contributed by atoms with E-state index in [1.54, 1.807) is 12.1 Å². The molecule has 142 valence electrons. The van der Waals surface area contributed by atoms with Crippen molar-refractivity contribution in [2.24, 2.45) is 0 Å². The molecule has 1 N–H and O–H groups in total. The van der Waals surface area contributed by atoms with Crippen LogP contribution < -0.4 is 0 Å². The van der Waals surface area contributed by atoms with Gasteiger partial charge in [-0.1, -0.05) is 60.7 Å². The SMILES string of the molecule is O=[N+]([O-])c1cc2c(cc1O)CCN(Cc1ccccc1)CC2c1ccccc1. The molecule has 3 aromatic rings. The van der Waals surface area contributed by atoms with Crippen molar-refractivity contribution in [2.75, 3.05) is 13.1 Å². The van der Waals surface area contributed by atoms with E-state index in [1.165, 1.54) is 5.56 Å². The molecule has 0 spiro atoms. The van der Waals surface area contributed by atoms with Crippen LogP contribution in [0.4, 0.5) is 5.69 Å². The van der Waals surface area contributed by atoms with E-state index in [0.717, 1.165) is 42.7 Å². The van der Waals surface area contributed by atoms with Gasteiger partial charge in [0, 0.05) is 31.6 Å². The number of phenolic OH excluding ortho intramolecular Hbond substituents is 1. The zero-order valence-corrected chi connectivity index (χ0v) is 15.5. The zero-order valence-electron chi connectivity index (χ0n) is 15.5. The third-order valence-electron chi connectivity index (χ3n) is 5.40. The van der Waals surface area contributed by atoms with Crippen molar-refractivity contribution in [1.82, 2.24) is 4.90 Å². The van der Waals surface area contributed by atoms with E-state index in [0.29, 0.717) is 0 Å². The third kappa shape index (κ3) is 3.75. The monoisotopic (exact) mass is 374 g/mol. The second-order valence-corrected chi connectivity index (χ2v) is 7.23. The van der Waals surface area contributed by atoms with Gasteiger partial charge in [0.2, 0.25) is 0 Å². The fraction of sp³-hybridized carbons (Fsp3) is 0.217. The fourth-order valence-electron chi connectivity index (χ4n) is 4.01. The summed E-state index contributed by atoms with van der Waals surface area (Å²) in [6.07, 6.45) is 0.747. The van der Waals surface area contributed by atoms with E-state index >= 15 is 0 Å². The lowest BCUT2D eigenvalue weighted by Crippen LogP contribution is -2.28. The first-order chi connectivity index (χ1) is 13.6. The number of aromatic hydroxyl groups is 1. The summed E-state index contributed by atoms with van der Waals surface area (Å²) in [5, 5.41) is 21.5. The number of benzene rings is 3. The summed E-state index contributed by atoms with van der Waals surface area (Å²) in [6, 6.07) is 23.6. The number of phenols is 1. The minimum absolute atomic E-state index is 0.0155. The van der Waals surface area contributed by atoms with Gasteiger partial charge in [-0.25, -0.2) is 0 Å². The summed E-state index contributed by atoms with van der Waals surface area (Å²) >= 11 is 0. The van der Waals surface area contributed by atoms with Gasteiger partial charge < -0.3 is 5.11 Å². The van der Waals surface area contributed by atoms with Crippen LogP contribution in [0.5, 0.6) is 5.75 Å². The van der Waals surface area contributed by atoms with Crippen LogP contribution in [0.3, 0.4) is 0 Å². The topological polar surface area (TPSA) is 66.6 Å². The first-order valence-electron chi connectivity index (χ1n) is 9.43. The largest absolute Gasteiger partial charge is 0.502 e. The maximum atomic E-state index is 11.4. The quantitative estimate of drug-likeness (QED) is 0.540. The van der Waals surface area contributed by atoms with Crippen molar-refractivity contribution >= 4 is 5.69 Å². The average Bonchev–Trinajstić information content (AvgIpc) is 2.88. The number of nitro groups is 1. The first-order valence-corrected chi connectivity index (χ1v) is 9.43. The molecule has 5 heteroatoms. The fourth-order valence-corrected chi connectivity index (χ4v) is 4.01. The zero-order chi connectivity index (χ0) is 19.5. The van der Waals surface area contributed by atoms with E-state index in [9.17, 15) is 15.2 Å². The van der Waals surface area contributed by atoms with Crippen LogP contribution in [-0.4, -0.2) is 28.0 Å². The van der Waals surface area contributed by atoms with Crippen molar-refractivity contribution in [3.8, 4) is 5.75 Å². The lowest BCUT2D eigenvalue weighted by molar-refractivity contribution is -0.385. The molecule has 0 amide bonds. The van der Waals surface area contributed by atoms with Crippen LogP contribution in [0, 0.1) is 10.1 Å². The van der Waals surface area contributed by atoms with Crippen molar-refractivity contribution in [1.29, 1.82) is 0 Å². The Hall–Kier alpha value is -3.18. The second-order valence-electron chi connectivity index (χ2n) is 7.23. The Morgan fingerprint density at radius 3 is 2.39 bits per heavy atom. The van der Waals surface area contributed by atoms with Gasteiger partial charge in [-0.05, 0) is 34.7 Å². The van der Waals surface area contributed by atoms with Crippen molar-refractivity contribution in [3.05, 3.63) is 105 Å². The van der Waals surface area contributed by atoms with Gasteiger partial charge in [-0.2, -0.15) is 0 Å². The Morgan fingerprint density at radius 2 is 1.71 bits per heavy atom. The van der Waals surface area contributed by atoms with Crippen LogP contribution >= 0.6 is 0 Å². The van der Waals surface area contributed by atoms with Crippen LogP contribution in [0.15, 0.2) is 72.8 Å². The minimum atomic E-state index is -0.510. The molecular weight excluding hydrogens is 352 g/mol. The number of rotatable bonds is 4. The van der Waals surface area contributed by atoms with Gasteiger partial charge in [-0.3, -0.25) is 15.0 Å². The summed E-state index contributed by atoms with van der Waals surface area (Å²) in [7, 11) is 0. The summed E-state index contributed by atoms with van der Waals surface area (Å²) in [4.78, 5) is 13.3. The summed E-state index contributed by atoms with van der Waals surface area (Å²) in [6.45, 7) is 2.43. The molecule has 1 heterocycles. The van der Waals surface area contributed by atoms with E-state index in [1.807, 2.05) is 36.4 Å². The molecule has 28 heavy (non-hydrogen) atoms. The molecular formula is C23H22N2O3. The average molecular weight is 374 g/mol. The van der Waals surface area contributed by atoms with E-state index < -0.39 is 4.92 Å². The highest BCUT2D eigenvalue weighted by molar-refractivity contribution is 5.54. The third-order valence-corrected chi connectivity index (χ3v) is 5.40. The maximum absolute atomic E-state index is 11.4. The molecule has 5 nitrogen and oxygen atoms in total. The smallest absolute Gasteiger partial charge is 0.311 e. The Kier molecular flexibility index (Phi) is 5.08. The van der Waals surface area contributed by atoms with E-state index in [4.69, 9.17) is 0 Å². The van der Waals surface area contributed by atoms with Gasteiger partial charge in [0.25, 0.3) is 0 Å². The molecule has 0 saturated carbocycles. The molecule has 3 aromatic carbocycles. The number of nitro benzene ring substituents is 1. The Balaban J connectivity index is 1.74. The summed E-state index contributed by atoms with van der Waals surface area (Å²) in [5.74, 6) is -0.242. The van der Waals surface area contributed by atoms with Gasteiger partial charge in [0.05, 0.1) is 4.92 Å². The summed E-state index contributed by atoms with van der Waals surface area (Å²) < 4.78 is 0. The van der Waals surface area contributed by atoms with Crippen molar-refractivity contribution in [3.63, 3.8) is 0 Å². The highest BCUT2D eigenvalue weighted by Crippen LogP contribution is 2.38. The lowest BCUT2D eigenvalue weighted by Gasteiger charge is -2.25. The molecule has 1 aliphatic rings. The molecule has 0 fully saturated rings. The first kappa shape index (κ1) is 18.2. The maximum Gasteiger partial charge on any atom is 0.311 e. The molecule has 1 atom stereocenters. The Bertz CT molecular complexity index is 974. The normalized spacial score (nSPS) is 16.9. The number of nitrogens with zero attached hydrogens (tertiary/aromatic N) is 2. The van der Waals surface area contributed by atoms with Crippen LogP contribution in [0.1, 0.15) is 28.2 Å². The van der Waals surface area contributed by atoms with Crippen LogP contribution in [0.2, 0.25) is 0 Å². The molecule has 1 aliphatic heterocycles. The highest BCUT2D eigenvalue weighted by atomic mass is 16.6. The van der Waals surface area contributed by atoms with Gasteiger partial charge in [-0.15, -0.1) is 0 Å². The highest BCUT2D eigenvalue weighted by Gasteiger charge is 2.28.